The second kappa shape index (κ2) is 6.80. The molecule has 0 fully saturated rings. The lowest BCUT2D eigenvalue weighted by molar-refractivity contribution is -0.385. The van der Waals surface area contributed by atoms with Gasteiger partial charge in [0.25, 0.3) is 5.69 Å². The Hall–Kier alpha value is -1.75. The lowest BCUT2D eigenvalue weighted by Gasteiger charge is -2.08. The van der Waals surface area contributed by atoms with Gasteiger partial charge in [0.15, 0.2) is 0 Å². The lowest BCUT2D eigenvalue weighted by atomic mass is 10.2. The number of carbonyl (C=O) groups is 1. The van der Waals surface area contributed by atoms with Gasteiger partial charge in [-0.05, 0) is 0 Å². The van der Waals surface area contributed by atoms with Crippen LogP contribution >= 0.6 is 11.6 Å². The summed E-state index contributed by atoms with van der Waals surface area (Å²) in [5, 5.41) is 15.2. The molecule has 1 rings (SSSR count). The number of methoxy groups -OCH3 is 1. The summed E-state index contributed by atoms with van der Waals surface area (Å²) in [6.45, 7) is -0.0284. The summed E-state index contributed by atoms with van der Waals surface area (Å²) in [6, 6.07) is 1.48. The molecule has 0 unspecified atom stereocenters. The molecule has 1 aromatic rings. The second-order valence-corrected chi connectivity index (χ2v) is 5.64. The van der Waals surface area contributed by atoms with Crippen LogP contribution in [0.4, 0.5) is 5.69 Å². The fraction of sp³-hybridized carbons (Fsp3) is 0.300. The molecular formula is C10H11ClN2O7S. The van der Waals surface area contributed by atoms with E-state index in [2.05, 4.69) is 4.74 Å². The van der Waals surface area contributed by atoms with Crippen LogP contribution in [0.25, 0.3) is 0 Å². The number of carbonyl (C=O) groups excluding carboxylic acids is 1. The van der Waals surface area contributed by atoms with Gasteiger partial charge in [-0.25, -0.2) is 18.4 Å². The van der Waals surface area contributed by atoms with Gasteiger partial charge in [0.05, 0.1) is 22.1 Å². The normalized spacial score (nSPS) is 11.2. The van der Waals surface area contributed by atoms with E-state index in [-0.39, 0.29) is 13.2 Å². The van der Waals surface area contributed by atoms with Crippen LogP contribution in [-0.2, 0) is 19.5 Å². The van der Waals surface area contributed by atoms with Crippen LogP contribution in [0.15, 0.2) is 17.0 Å². The summed E-state index contributed by atoms with van der Waals surface area (Å²) in [6.07, 6.45) is 0. The fourth-order valence-electron chi connectivity index (χ4n) is 1.34. The van der Waals surface area contributed by atoms with Crippen LogP contribution in [0.2, 0.25) is 5.02 Å². The SMILES string of the molecule is COCCOC(=O)c1cc([N+](=O)[O-])cc(S(N)(=O)=O)c1Cl. The van der Waals surface area contributed by atoms with Crippen LogP contribution in [0.5, 0.6) is 0 Å². The first-order chi connectivity index (χ1) is 9.68. The molecule has 0 spiro atoms. The van der Waals surface area contributed by atoms with Crippen molar-refractivity contribution in [3.05, 3.63) is 32.8 Å². The van der Waals surface area contributed by atoms with Crippen molar-refractivity contribution in [3.63, 3.8) is 0 Å². The molecule has 0 amide bonds. The molecular weight excluding hydrogens is 328 g/mol. The lowest BCUT2D eigenvalue weighted by Crippen LogP contribution is -2.16. The van der Waals surface area contributed by atoms with Crippen LogP contribution in [0, 0.1) is 10.1 Å². The first-order valence-corrected chi connectivity index (χ1v) is 7.27. The smallest absolute Gasteiger partial charge is 0.340 e. The number of hydrogen-bond acceptors (Lipinski definition) is 7. The van der Waals surface area contributed by atoms with Crippen LogP contribution in [-0.4, -0.2) is 39.6 Å². The van der Waals surface area contributed by atoms with E-state index in [0.717, 1.165) is 6.07 Å². The number of sulfonamides is 1. The van der Waals surface area contributed by atoms with Crippen molar-refractivity contribution < 1.29 is 27.6 Å². The highest BCUT2D eigenvalue weighted by molar-refractivity contribution is 7.89. The number of nitrogens with zero attached hydrogens (tertiary/aromatic N) is 1. The third kappa shape index (κ3) is 4.36. The predicted molar refractivity (Wildman–Crippen MR) is 71.6 cm³/mol. The van der Waals surface area contributed by atoms with Gasteiger partial charge in [0, 0.05) is 19.2 Å². The Morgan fingerprint density at radius 1 is 1.43 bits per heavy atom. The zero-order valence-electron chi connectivity index (χ0n) is 10.7. The Morgan fingerprint density at radius 2 is 2.05 bits per heavy atom. The van der Waals surface area contributed by atoms with Crippen LogP contribution < -0.4 is 5.14 Å². The van der Waals surface area contributed by atoms with E-state index in [1.54, 1.807) is 0 Å². The molecule has 2 N–H and O–H groups in total. The molecule has 0 aliphatic carbocycles. The highest BCUT2D eigenvalue weighted by atomic mass is 35.5. The minimum Gasteiger partial charge on any atom is -0.460 e. The van der Waals surface area contributed by atoms with E-state index in [0.29, 0.717) is 6.07 Å². The third-order valence-electron chi connectivity index (χ3n) is 2.28. The number of primary sulfonamides is 1. The maximum atomic E-state index is 11.8. The van der Waals surface area contributed by atoms with Crippen molar-refractivity contribution in [2.45, 2.75) is 4.90 Å². The molecule has 0 aliphatic rings. The molecule has 0 radical (unpaired) electrons. The molecule has 0 saturated carbocycles. The predicted octanol–water partition coefficient (Wildman–Crippen LogP) is 0.699. The van der Waals surface area contributed by atoms with E-state index >= 15 is 0 Å². The quantitative estimate of drug-likeness (QED) is 0.348. The average Bonchev–Trinajstić information content (AvgIpc) is 2.37. The van der Waals surface area contributed by atoms with Gasteiger partial charge in [-0.3, -0.25) is 10.1 Å². The van der Waals surface area contributed by atoms with Gasteiger partial charge in [-0.15, -0.1) is 0 Å². The second-order valence-electron chi connectivity index (χ2n) is 3.74. The van der Waals surface area contributed by atoms with Gasteiger partial charge in [0.1, 0.15) is 11.5 Å². The van der Waals surface area contributed by atoms with Crippen molar-refractivity contribution in [2.75, 3.05) is 20.3 Å². The Labute approximate surface area is 124 Å². The molecule has 11 heteroatoms. The van der Waals surface area contributed by atoms with E-state index < -0.39 is 42.1 Å². The number of rotatable bonds is 6. The molecule has 0 heterocycles. The monoisotopic (exact) mass is 338 g/mol. The number of nitro groups is 1. The van der Waals surface area contributed by atoms with Crippen molar-refractivity contribution >= 4 is 33.3 Å². The summed E-state index contributed by atoms with van der Waals surface area (Å²) < 4.78 is 32.1. The zero-order chi connectivity index (χ0) is 16.2. The summed E-state index contributed by atoms with van der Waals surface area (Å²) >= 11 is 5.76. The third-order valence-corrected chi connectivity index (χ3v) is 3.74. The number of halogens is 1. The zero-order valence-corrected chi connectivity index (χ0v) is 12.3. The number of non-ortho nitro benzene ring substituents is 1. The van der Waals surface area contributed by atoms with Crippen molar-refractivity contribution in [3.8, 4) is 0 Å². The maximum absolute atomic E-state index is 11.8. The largest absolute Gasteiger partial charge is 0.460 e. The first kappa shape index (κ1) is 17.3. The molecule has 1 aromatic carbocycles. The average molecular weight is 339 g/mol. The molecule has 116 valence electrons. The topological polar surface area (TPSA) is 139 Å². The minimum atomic E-state index is -4.34. The number of hydrogen-bond donors (Lipinski definition) is 1. The Bertz CT molecular complexity index is 674. The molecule has 21 heavy (non-hydrogen) atoms. The summed E-state index contributed by atoms with van der Waals surface area (Å²) in [5.74, 6) is -1.02. The molecule has 0 saturated heterocycles. The molecule has 0 atom stereocenters. The Balaban J connectivity index is 3.34. The van der Waals surface area contributed by atoms with E-state index in [4.69, 9.17) is 21.5 Å². The Kier molecular flexibility index (Phi) is 5.61. The van der Waals surface area contributed by atoms with E-state index in [9.17, 15) is 23.3 Å². The number of nitro benzene ring substituents is 1. The Morgan fingerprint density at radius 3 is 2.52 bits per heavy atom. The molecule has 0 aromatic heterocycles. The summed E-state index contributed by atoms with van der Waals surface area (Å²) in [5.41, 5.74) is -1.12. The van der Waals surface area contributed by atoms with E-state index in [1.807, 2.05) is 0 Å². The standard InChI is InChI=1S/C10H11ClN2O7S/c1-19-2-3-20-10(14)7-4-6(13(15)16)5-8(9(7)11)21(12,17)18/h4-5H,2-3H2,1H3,(H2,12,17,18). The highest BCUT2D eigenvalue weighted by Crippen LogP contribution is 2.30. The summed E-state index contributed by atoms with van der Waals surface area (Å²) in [4.78, 5) is 21.0. The summed E-state index contributed by atoms with van der Waals surface area (Å²) in [7, 11) is -2.96. The maximum Gasteiger partial charge on any atom is 0.340 e. The van der Waals surface area contributed by atoms with Gasteiger partial charge in [0.2, 0.25) is 10.0 Å². The number of nitrogens with two attached hydrogens (primary N) is 1. The highest BCUT2D eigenvalue weighted by Gasteiger charge is 2.26. The molecule has 0 aliphatic heterocycles. The van der Waals surface area contributed by atoms with Crippen LogP contribution in [0.3, 0.4) is 0 Å². The van der Waals surface area contributed by atoms with Gasteiger partial charge in [-0.1, -0.05) is 11.6 Å². The van der Waals surface area contributed by atoms with Gasteiger partial charge < -0.3 is 9.47 Å². The number of ether oxygens (including phenoxy) is 2. The molecule has 0 bridgehead atoms. The first-order valence-electron chi connectivity index (χ1n) is 5.35. The van der Waals surface area contributed by atoms with Gasteiger partial charge >= 0.3 is 5.97 Å². The van der Waals surface area contributed by atoms with Crippen molar-refractivity contribution in [1.29, 1.82) is 0 Å². The van der Waals surface area contributed by atoms with E-state index in [1.165, 1.54) is 7.11 Å². The molecule has 9 nitrogen and oxygen atoms in total. The minimum absolute atomic E-state index is 0.0976. The van der Waals surface area contributed by atoms with Crippen molar-refractivity contribution in [1.82, 2.24) is 0 Å². The van der Waals surface area contributed by atoms with Crippen molar-refractivity contribution in [2.24, 2.45) is 5.14 Å². The number of esters is 1. The number of benzene rings is 1. The van der Waals surface area contributed by atoms with Gasteiger partial charge in [-0.2, -0.15) is 0 Å². The van der Waals surface area contributed by atoms with Crippen LogP contribution in [0.1, 0.15) is 10.4 Å². The fourth-order valence-corrected chi connectivity index (χ4v) is 2.49.